The first kappa shape index (κ1) is 19.6. The van der Waals surface area contributed by atoms with Crippen molar-refractivity contribution in [3.8, 4) is 0 Å². The van der Waals surface area contributed by atoms with Gasteiger partial charge in [0.2, 0.25) is 0 Å². The van der Waals surface area contributed by atoms with Crippen LogP contribution in [0.25, 0.3) is 0 Å². The molecule has 0 radical (unpaired) electrons. The number of anilines is 2. The fourth-order valence-electron chi connectivity index (χ4n) is 3.68. The van der Waals surface area contributed by atoms with Gasteiger partial charge in [-0.3, -0.25) is 9.69 Å². The fourth-order valence-corrected chi connectivity index (χ4v) is 3.90. The third-order valence-corrected chi connectivity index (χ3v) is 5.74. The predicted molar refractivity (Wildman–Crippen MR) is 108 cm³/mol. The molecule has 1 aromatic heterocycles. The van der Waals surface area contributed by atoms with Crippen molar-refractivity contribution in [2.24, 2.45) is 0 Å². The summed E-state index contributed by atoms with van der Waals surface area (Å²) in [6.45, 7) is 5.34. The highest BCUT2D eigenvalue weighted by molar-refractivity contribution is 6.32. The smallest absolute Gasteiger partial charge is 0.414 e. The van der Waals surface area contributed by atoms with Gasteiger partial charge in [-0.1, -0.05) is 17.7 Å². The van der Waals surface area contributed by atoms with Crippen molar-refractivity contribution in [3.05, 3.63) is 52.2 Å². The number of morpholine rings is 1. The average molecular weight is 417 g/mol. The third kappa shape index (κ3) is 3.78. The van der Waals surface area contributed by atoms with E-state index in [1.165, 1.54) is 0 Å². The van der Waals surface area contributed by atoms with Crippen LogP contribution in [0.3, 0.4) is 0 Å². The summed E-state index contributed by atoms with van der Waals surface area (Å²) in [4.78, 5) is 31.4. The topological polar surface area (TPSA) is 95.0 Å². The number of halogens is 1. The zero-order chi connectivity index (χ0) is 20.5. The number of carbonyl (C=O) groups is 2. The largest absolute Gasteiger partial charge is 0.465 e. The van der Waals surface area contributed by atoms with Gasteiger partial charge in [0.1, 0.15) is 5.82 Å². The molecule has 1 aromatic carbocycles. The fraction of sp³-hybridized carbons (Fsp3) is 0.350. The van der Waals surface area contributed by atoms with Crippen molar-refractivity contribution >= 4 is 35.1 Å². The van der Waals surface area contributed by atoms with Crippen molar-refractivity contribution in [2.75, 3.05) is 31.6 Å². The van der Waals surface area contributed by atoms with E-state index in [-0.39, 0.29) is 18.2 Å². The van der Waals surface area contributed by atoms with Gasteiger partial charge in [0, 0.05) is 35.9 Å². The number of fused-ring (bicyclic) bond motifs is 1. The number of benzene rings is 1. The van der Waals surface area contributed by atoms with Crippen LogP contribution < -0.4 is 5.32 Å². The molecule has 8 nitrogen and oxygen atoms in total. The standard InChI is InChI=1S/C20H21ClN4O4/c1-12(24-6-8-29-9-7-24)13-2-5-17(22-10-13)23-16-4-3-15(21)14-11-25(20(27)28)19(26)18(14)16/h2-5,10,12H,6-9,11H2,1H3,(H,22,23)(H,27,28). The lowest BCUT2D eigenvalue weighted by Crippen LogP contribution is -2.38. The number of nitrogens with one attached hydrogen (secondary N) is 1. The summed E-state index contributed by atoms with van der Waals surface area (Å²) in [5, 5.41) is 12.7. The lowest BCUT2D eigenvalue weighted by Gasteiger charge is -2.32. The van der Waals surface area contributed by atoms with Gasteiger partial charge >= 0.3 is 6.09 Å². The number of amides is 2. The number of carboxylic acid groups (broad SMARTS) is 1. The summed E-state index contributed by atoms with van der Waals surface area (Å²) in [5.74, 6) is -0.0240. The molecule has 2 aliphatic heterocycles. The Balaban J connectivity index is 1.54. The van der Waals surface area contributed by atoms with Crippen molar-refractivity contribution in [2.45, 2.75) is 19.5 Å². The average Bonchev–Trinajstić information content (AvgIpc) is 3.09. The van der Waals surface area contributed by atoms with Crippen molar-refractivity contribution < 1.29 is 19.4 Å². The molecule has 1 saturated heterocycles. The lowest BCUT2D eigenvalue weighted by atomic mass is 10.1. The number of hydrogen-bond acceptors (Lipinski definition) is 6. The molecule has 2 amide bonds. The van der Waals surface area contributed by atoms with Crippen molar-refractivity contribution in [1.29, 1.82) is 0 Å². The van der Waals surface area contributed by atoms with Gasteiger partial charge in [-0.15, -0.1) is 0 Å². The molecule has 1 unspecified atom stereocenters. The first-order chi connectivity index (χ1) is 14.0. The Hall–Kier alpha value is -2.68. The highest BCUT2D eigenvalue weighted by atomic mass is 35.5. The molecule has 0 saturated carbocycles. The molecular weight excluding hydrogens is 396 g/mol. The van der Waals surface area contributed by atoms with E-state index in [1.54, 1.807) is 12.1 Å². The molecule has 0 bridgehead atoms. The summed E-state index contributed by atoms with van der Waals surface area (Å²) in [6, 6.07) is 7.39. The molecule has 3 heterocycles. The molecule has 2 N–H and O–H groups in total. The van der Waals surface area contributed by atoms with E-state index < -0.39 is 12.0 Å². The van der Waals surface area contributed by atoms with Crippen LogP contribution in [0.5, 0.6) is 0 Å². The molecule has 0 aliphatic carbocycles. The second kappa shape index (κ2) is 7.98. The Morgan fingerprint density at radius 2 is 2.03 bits per heavy atom. The van der Waals surface area contributed by atoms with Crippen LogP contribution in [0.4, 0.5) is 16.3 Å². The molecule has 9 heteroatoms. The molecular formula is C20H21ClN4O4. The Labute approximate surface area is 173 Å². The number of ether oxygens (including phenoxy) is 1. The number of carbonyl (C=O) groups excluding carboxylic acids is 1. The molecule has 1 fully saturated rings. The molecule has 1 atom stereocenters. The summed E-state index contributed by atoms with van der Waals surface area (Å²) in [6.07, 6.45) is 0.511. The van der Waals surface area contributed by atoms with E-state index in [2.05, 4.69) is 22.1 Å². The van der Waals surface area contributed by atoms with Crippen LogP contribution in [-0.4, -0.2) is 58.2 Å². The highest BCUT2D eigenvalue weighted by Crippen LogP contribution is 2.35. The highest BCUT2D eigenvalue weighted by Gasteiger charge is 2.35. The first-order valence-corrected chi connectivity index (χ1v) is 9.74. The second-order valence-electron chi connectivity index (χ2n) is 7.05. The maximum absolute atomic E-state index is 12.5. The van der Waals surface area contributed by atoms with Crippen LogP contribution in [-0.2, 0) is 11.3 Å². The minimum Gasteiger partial charge on any atom is -0.465 e. The molecule has 152 valence electrons. The summed E-state index contributed by atoms with van der Waals surface area (Å²) < 4.78 is 5.40. The molecule has 29 heavy (non-hydrogen) atoms. The van der Waals surface area contributed by atoms with Crippen LogP contribution >= 0.6 is 11.6 Å². The number of pyridine rings is 1. The Morgan fingerprint density at radius 1 is 1.28 bits per heavy atom. The van der Waals surface area contributed by atoms with Crippen LogP contribution in [0, 0.1) is 0 Å². The van der Waals surface area contributed by atoms with Gasteiger partial charge in [0.15, 0.2) is 0 Å². The summed E-state index contributed by atoms with van der Waals surface area (Å²) in [7, 11) is 0. The lowest BCUT2D eigenvalue weighted by molar-refractivity contribution is 0.0198. The van der Waals surface area contributed by atoms with E-state index >= 15 is 0 Å². The van der Waals surface area contributed by atoms with Gasteiger partial charge in [-0.05, 0) is 30.7 Å². The number of nitrogens with zero attached hydrogens (tertiary/aromatic N) is 3. The van der Waals surface area contributed by atoms with E-state index in [0.717, 1.165) is 36.8 Å². The quantitative estimate of drug-likeness (QED) is 0.787. The van der Waals surface area contributed by atoms with E-state index in [4.69, 9.17) is 16.3 Å². The zero-order valence-corrected chi connectivity index (χ0v) is 16.6. The first-order valence-electron chi connectivity index (χ1n) is 9.36. The maximum Gasteiger partial charge on any atom is 0.414 e. The van der Waals surface area contributed by atoms with Gasteiger partial charge in [0.05, 0.1) is 31.0 Å². The second-order valence-corrected chi connectivity index (χ2v) is 7.46. The number of rotatable bonds is 4. The number of aromatic nitrogens is 1. The monoisotopic (exact) mass is 416 g/mol. The number of imide groups is 1. The number of hydrogen-bond donors (Lipinski definition) is 2. The molecule has 0 spiro atoms. The molecule has 4 rings (SSSR count). The van der Waals surface area contributed by atoms with Gasteiger partial charge in [-0.2, -0.15) is 0 Å². The minimum atomic E-state index is -1.30. The van der Waals surface area contributed by atoms with Crippen molar-refractivity contribution in [3.63, 3.8) is 0 Å². The molecule has 2 aliphatic rings. The summed E-state index contributed by atoms with van der Waals surface area (Å²) >= 11 is 6.18. The Morgan fingerprint density at radius 3 is 2.69 bits per heavy atom. The maximum atomic E-state index is 12.5. The van der Waals surface area contributed by atoms with E-state index in [0.29, 0.717) is 22.1 Å². The van der Waals surface area contributed by atoms with E-state index in [1.807, 2.05) is 18.3 Å². The van der Waals surface area contributed by atoms with Gasteiger partial charge in [0.25, 0.3) is 5.91 Å². The van der Waals surface area contributed by atoms with Crippen molar-refractivity contribution in [1.82, 2.24) is 14.8 Å². The minimum absolute atomic E-state index is 0.0543. The third-order valence-electron chi connectivity index (χ3n) is 5.39. The van der Waals surface area contributed by atoms with Crippen LogP contribution in [0.1, 0.15) is 34.5 Å². The zero-order valence-electron chi connectivity index (χ0n) is 15.9. The summed E-state index contributed by atoms with van der Waals surface area (Å²) in [5.41, 5.74) is 2.35. The molecule has 2 aromatic rings. The van der Waals surface area contributed by atoms with Gasteiger partial charge in [-0.25, -0.2) is 14.7 Å². The normalized spacial score (nSPS) is 17.9. The van der Waals surface area contributed by atoms with Crippen LogP contribution in [0.15, 0.2) is 30.5 Å². The van der Waals surface area contributed by atoms with Gasteiger partial charge < -0.3 is 15.2 Å². The SMILES string of the molecule is CC(c1ccc(Nc2ccc(Cl)c3c2C(=O)N(C(=O)O)C3)nc1)N1CCOCC1. The predicted octanol–water partition coefficient (Wildman–Crippen LogP) is 3.51. The Bertz CT molecular complexity index is 944. The Kier molecular flexibility index (Phi) is 5.40. The van der Waals surface area contributed by atoms with Crippen LogP contribution in [0.2, 0.25) is 5.02 Å². The van der Waals surface area contributed by atoms with E-state index in [9.17, 15) is 14.7 Å².